The predicted octanol–water partition coefficient (Wildman–Crippen LogP) is 2.36. The SMILES string of the molecule is CCCCCC[C@@H](NC(=O)[C@@H](Cc1ccccc1)NC(C)=O)C(=O)OC. The van der Waals surface area contributed by atoms with Crippen LogP contribution >= 0.6 is 0 Å². The molecule has 0 spiro atoms. The van der Waals surface area contributed by atoms with Gasteiger partial charge in [-0.25, -0.2) is 4.79 Å². The largest absolute Gasteiger partial charge is 0.467 e. The van der Waals surface area contributed by atoms with E-state index >= 15 is 0 Å². The summed E-state index contributed by atoms with van der Waals surface area (Å²) in [5.74, 6) is -1.13. The molecule has 0 saturated heterocycles. The molecule has 2 atom stereocenters. The fourth-order valence-corrected chi connectivity index (χ4v) is 2.74. The lowest BCUT2D eigenvalue weighted by molar-refractivity contribution is -0.145. The van der Waals surface area contributed by atoms with Gasteiger partial charge in [0.05, 0.1) is 7.11 Å². The minimum atomic E-state index is -0.738. The Bertz CT molecular complexity index is 574. The van der Waals surface area contributed by atoms with Crippen LogP contribution in [0, 0.1) is 0 Å². The van der Waals surface area contributed by atoms with Gasteiger partial charge in [-0.1, -0.05) is 62.9 Å². The molecule has 0 saturated carbocycles. The van der Waals surface area contributed by atoms with Crippen molar-refractivity contribution in [2.24, 2.45) is 0 Å². The fraction of sp³-hybridized carbons (Fsp3) is 0.550. The molecule has 6 nitrogen and oxygen atoms in total. The zero-order valence-electron chi connectivity index (χ0n) is 15.9. The Hall–Kier alpha value is -2.37. The molecule has 0 bridgehead atoms. The Balaban J connectivity index is 2.75. The van der Waals surface area contributed by atoms with Crippen molar-refractivity contribution in [1.82, 2.24) is 10.6 Å². The molecule has 2 N–H and O–H groups in total. The number of methoxy groups -OCH3 is 1. The summed E-state index contributed by atoms with van der Waals surface area (Å²) in [6.07, 6.45) is 4.89. The van der Waals surface area contributed by atoms with Crippen molar-refractivity contribution in [3.8, 4) is 0 Å². The van der Waals surface area contributed by atoms with Crippen molar-refractivity contribution in [3.05, 3.63) is 35.9 Å². The second kappa shape index (κ2) is 12.1. The second-order valence-electron chi connectivity index (χ2n) is 6.38. The third kappa shape index (κ3) is 8.14. The van der Waals surface area contributed by atoms with E-state index in [1.54, 1.807) is 0 Å². The van der Waals surface area contributed by atoms with Crippen LogP contribution in [0.2, 0.25) is 0 Å². The zero-order valence-corrected chi connectivity index (χ0v) is 15.9. The maximum absolute atomic E-state index is 12.7. The number of carbonyl (C=O) groups is 3. The van der Waals surface area contributed by atoms with E-state index in [-0.39, 0.29) is 11.8 Å². The van der Waals surface area contributed by atoms with Gasteiger partial charge >= 0.3 is 5.97 Å². The normalized spacial score (nSPS) is 12.7. The monoisotopic (exact) mass is 362 g/mol. The van der Waals surface area contributed by atoms with Crippen LogP contribution in [0.1, 0.15) is 51.5 Å². The van der Waals surface area contributed by atoms with Crippen LogP contribution in [0.15, 0.2) is 30.3 Å². The average Bonchev–Trinajstić information content (AvgIpc) is 2.63. The minimum Gasteiger partial charge on any atom is -0.467 e. The maximum atomic E-state index is 12.7. The lowest BCUT2D eigenvalue weighted by Crippen LogP contribution is -2.52. The molecule has 0 aliphatic heterocycles. The number of unbranched alkanes of at least 4 members (excludes halogenated alkanes) is 3. The first-order valence-corrected chi connectivity index (χ1v) is 9.17. The van der Waals surface area contributed by atoms with E-state index in [1.165, 1.54) is 14.0 Å². The zero-order chi connectivity index (χ0) is 19.4. The van der Waals surface area contributed by atoms with E-state index in [4.69, 9.17) is 4.74 Å². The number of esters is 1. The molecule has 0 aliphatic carbocycles. The van der Waals surface area contributed by atoms with Gasteiger partial charge in [0, 0.05) is 13.3 Å². The summed E-state index contributed by atoms with van der Waals surface area (Å²) in [6.45, 7) is 3.48. The third-order valence-corrected chi connectivity index (χ3v) is 4.13. The fourth-order valence-electron chi connectivity index (χ4n) is 2.74. The number of hydrogen-bond donors (Lipinski definition) is 2. The first-order valence-electron chi connectivity index (χ1n) is 9.17. The van der Waals surface area contributed by atoms with Gasteiger partial charge in [-0.2, -0.15) is 0 Å². The number of carbonyl (C=O) groups excluding carboxylic acids is 3. The number of amides is 2. The van der Waals surface area contributed by atoms with E-state index < -0.39 is 18.1 Å². The molecule has 0 aliphatic rings. The Morgan fingerprint density at radius 3 is 2.27 bits per heavy atom. The topological polar surface area (TPSA) is 84.5 Å². The van der Waals surface area contributed by atoms with Gasteiger partial charge in [0.15, 0.2) is 0 Å². The predicted molar refractivity (Wildman–Crippen MR) is 100 cm³/mol. The van der Waals surface area contributed by atoms with Crippen molar-refractivity contribution in [3.63, 3.8) is 0 Å². The Kier molecular flexibility index (Phi) is 10.1. The maximum Gasteiger partial charge on any atom is 0.328 e. The molecule has 0 radical (unpaired) electrons. The molecular formula is C20H30N2O4. The van der Waals surface area contributed by atoms with Crippen LogP contribution in [0.4, 0.5) is 0 Å². The average molecular weight is 362 g/mol. The van der Waals surface area contributed by atoms with Gasteiger partial charge < -0.3 is 15.4 Å². The highest BCUT2D eigenvalue weighted by molar-refractivity contribution is 5.90. The van der Waals surface area contributed by atoms with Crippen LogP contribution in [0.5, 0.6) is 0 Å². The summed E-state index contributed by atoms with van der Waals surface area (Å²) < 4.78 is 4.81. The Morgan fingerprint density at radius 1 is 1.00 bits per heavy atom. The second-order valence-corrected chi connectivity index (χ2v) is 6.38. The van der Waals surface area contributed by atoms with Crippen LogP contribution in [-0.4, -0.2) is 37.0 Å². The highest BCUT2D eigenvalue weighted by Gasteiger charge is 2.26. The van der Waals surface area contributed by atoms with Crippen molar-refractivity contribution < 1.29 is 19.1 Å². The molecular weight excluding hydrogens is 332 g/mol. The summed E-state index contributed by atoms with van der Waals surface area (Å²) in [6, 6.07) is 8.00. The highest BCUT2D eigenvalue weighted by Crippen LogP contribution is 2.09. The summed E-state index contributed by atoms with van der Waals surface area (Å²) in [7, 11) is 1.31. The molecule has 1 aromatic rings. The first-order chi connectivity index (χ1) is 12.5. The first kappa shape index (κ1) is 21.7. The minimum absolute atomic E-state index is 0.293. The van der Waals surface area contributed by atoms with E-state index in [1.807, 2.05) is 30.3 Å². The molecule has 26 heavy (non-hydrogen) atoms. The molecule has 1 rings (SSSR count). The third-order valence-electron chi connectivity index (χ3n) is 4.13. The lowest BCUT2D eigenvalue weighted by Gasteiger charge is -2.22. The standard InChI is InChI=1S/C20H30N2O4/c1-4-5-6-10-13-17(20(25)26-3)22-19(24)18(21-15(2)23)14-16-11-8-7-9-12-16/h7-9,11-12,17-18H,4-6,10,13-14H2,1-3H3,(H,21,23)(H,22,24)/t17-,18-/m1/s1. The van der Waals surface area contributed by atoms with Crippen molar-refractivity contribution in [2.45, 2.75) is 64.5 Å². The van der Waals surface area contributed by atoms with E-state index in [0.717, 1.165) is 31.2 Å². The number of rotatable bonds is 11. The number of ether oxygens (including phenoxy) is 1. The van der Waals surface area contributed by atoms with Crippen LogP contribution in [-0.2, 0) is 25.5 Å². The molecule has 2 amide bonds. The lowest BCUT2D eigenvalue weighted by atomic mass is 10.0. The van der Waals surface area contributed by atoms with Crippen LogP contribution < -0.4 is 10.6 Å². The van der Waals surface area contributed by atoms with Crippen molar-refractivity contribution in [2.75, 3.05) is 7.11 Å². The molecule has 6 heteroatoms. The summed E-state index contributed by atoms with van der Waals surface area (Å²) >= 11 is 0. The molecule has 0 heterocycles. The highest BCUT2D eigenvalue weighted by atomic mass is 16.5. The van der Waals surface area contributed by atoms with Gasteiger partial charge in [-0.15, -0.1) is 0 Å². The molecule has 144 valence electrons. The van der Waals surface area contributed by atoms with Crippen molar-refractivity contribution >= 4 is 17.8 Å². The quantitative estimate of drug-likeness (QED) is 0.467. The summed E-state index contributed by atoms with van der Waals surface area (Å²) in [5, 5.41) is 5.41. The van der Waals surface area contributed by atoms with E-state index in [0.29, 0.717) is 12.8 Å². The van der Waals surface area contributed by atoms with Gasteiger partial charge in [0.2, 0.25) is 11.8 Å². The molecule has 0 aromatic heterocycles. The number of hydrogen-bond acceptors (Lipinski definition) is 4. The number of nitrogens with one attached hydrogen (secondary N) is 2. The van der Waals surface area contributed by atoms with Crippen LogP contribution in [0.25, 0.3) is 0 Å². The smallest absolute Gasteiger partial charge is 0.328 e. The Labute approximate surface area is 155 Å². The van der Waals surface area contributed by atoms with E-state index in [9.17, 15) is 14.4 Å². The number of benzene rings is 1. The van der Waals surface area contributed by atoms with Crippen LogP contribution in [0.3, 0.4) is 0 Å². The summed E-state index contributed by atoms with van der Waals surface area (Å²) in [4.78, 5) is 36.1. The van der Waals surface area contributed by atoms with Gasteiger partial charge in [0.25, 0.3) is 0 Å². The molecule has 0 fully saturated rings. The van der Waals surface area contributed by atoms with Gasteiger partial charge in [-0.3, -0.25) is 9.59 Å². The Morgan fingerprint density at radius 2 is 1.69 bits per heavy atom. The molecule has 1 aromatic carbocycles. The van der Waals surface area contributed by atoms with E-state index in [2.05, 4.69) is 17.6 Å². The van der Waals surface area contributed by atoms with Gasteiger partial charge in [-0.05, 0) is 12.0 Å². The van der Waals surface area contributed by atoms with Gasteiger partial charge in [0.1, 0.15) is 12.1 Å². The van der Waals surface area contributed by atoms with Crippen molar-refractivity contribution in [1.29, 1.82) is 0 Å². The molecule has 0 unspecified atom stereocenters. The summed E-state index contributed by atoms with van der Waals surface area (Å²) in [5.41, 5.74) is 0.930.